The van der Waals surface area contributed by atoms with Crippen molar-refractivity contribution in [2.45, 2.75) is 19.8 Å². The number of nitrogens with zero attached hydrogens (tertiary/aromatic N) is 5. The number of pyridine rings is 2. The molecule has 144 valence electrons. The summed E-state index contributed by atoms with van der Waals surface area (Å²) in [5.74, 6) is -1.26. The molecule has 4 rings (SSSR count). The van der Waals surface area contributed by atoms with Crippen LogP contribution in [0.2, 0.25) is 0 Å². The molecule has 0 spiro atoms. The quantitative estimate of drug-likeness (QED) is 0.712. The number of piperidine rings is 1. The van der Waals surface area contributed by atoms with Crippen LogP contribution < -0.4 is 10.2 Å². The number of carboxylic acid groups (broad SMARTS) is 1. The van der Waals surface area contributed by atoms with E-state index >= 15 is 0 Å². The van der Waals surface area contributed by atoms with E-state index in [9.17, 15) is 14.7 Å². The highest BCUT2D eigenvalue weighted by Crippen LogP contribution is 2.27. The van der Waals surface area contributed by atoms with Crippen LogP contribution in [0.3, 0.4) is 0 Å². The third-order valence-corrected chi connectivity index (χ3v) is 4.91. The molecule has 3 aromatic heterocycles. The number of aryl methyl sites for hydroxylation is 1. The number of nitrogens with one attached hydrogen (secondary N) is 1. The zero-order valence-corrected chi connectivity index (χ0v) is 15.4. The number of carbonyl (C=O) groups is 2. The Hall–Kier alpha value is -3.49. The van der Waals surface area contributed by atoms with Crippen LogP contribution in [-0.4, -0.2) is 49.7 Å². The van der Waals surface area contributed by atoms with Gasteiger partial charge in [0.15, 0.2) is 5.65 Å². The number of aromatic nitrogens is 4. The van der Waals surface area contributed by atoms with Crippen LogP contribution in [0.25, 0.3) is 5.65 Å². The predicted octanol–water partition coefficient (Wildman–Crippen LogP) is 1.99. The lowest BCUT2D eigenvalue weighted by Crippen LogP contribution is -2.39. The van der Waals surface area contributed by atoms with E-state index in [0.717, 1.165) is 24.2 Å². The number of hydrogen-bond donors (Lipinski definition) is 2. The fraction of sp³-hybridized carbons (Fsp3) is 0.316. The highest BCUT2D eigenvalue weighted by Gasteiger charge is 2.26. The van der Waals surface area contributed by atoms with E-state index in [1.807, 2.05) is 19.2 Å². The number of rotatable bonds is 4. The van der Waals surface area contributed by atoms with E-state index in [4.69, 9.17) is 0 Å². The predicted molar refractivity (Wildman–Crippen MR) is 102 cm³/mol. The molecule has 9 nitrogen and oxygen atoms in total. The van der Waals surface area contributed by atoms with Gasteiger partial charge in [-0.1, -0.05) is 0 Å². The van der Waals surface area contributed by atoms with E-state index < -0.39 is 5.97 Å². The maximum Gasteiger partial charge on any atom is 0.308 e. The van der Waals surface area contributed by atoms with Crippen molar-refractivity contribution < 1.29 is 14.7 Å². The summed E-state index contributed by atoms with van der Waals surface area (Å²) in [5, 5.41) is 16.3. The van der Waals surface area contributed by atoms with Crippen LogP contribution in [0.15, 0.2) is 36.8 Å². The molecule has 1 amide bonds. The van der Waals surface area contributed by atoms with Gasteiger partial charge in [0, 0.05) is 25.5 Å². The Morgan fingerprint density at radius 2 is 2.21 bits per heavy atom. The molecule has 9 heteroatoms. The van der Waals surface area contributed by atoms with Crippen molar-refractivity contribution in [3.8, 4) is 0 Å². The fourth-order valence-electron chi connectivity index (χ4n) is 3.47. The number of hydrogen-bond acceptors (Lipinski definition) is 6. The molecule has 4 heterocycles. The van der Waals surface area contributed by atoms with E-state index in [-0.39, 0.29) is 17.8 Å². The summed E-state index contributed by atoms with van der Waals surface area (Å²) >= 11 is 0. The topological polar surface area (TPSA) is 113 Å². The van der Waals surface area contributed by atoms with Gasteiger partial charge in [0.25, 0.3) is 5.91 Å². The van der Waals surface area contributed by atoms with Crippen molar-refractivity contribution in [2.24, 2.45) is 5.92 Å². The van der Waals surface area contributed by atoms with Crippen molar-refractivity contribution in [3.63, 3.8) is 0 Å². The van der Waals surface area contributed by atoms with Gasteiger partial charge in [0.1, 0.15) is 0 Å². The van der Waals surface area contributed by atoms with Crippen molar-refractivity contribution in [3.05, 3.63) is 47.9 Å². The van der Waals surface area contributed by atoms with Crippen molar-refractivity contribution in [1.29, 1.82) is 0 Å². The van der Waals surface area contributed by atoms with Crippen molar-refractivity contribution in [1.82, 2.24) is 19.6 Å². The van der Waals surface area contributed by atoms with Crippen LogP contribution in [0.5, 0.6) is 0 Å². The van der Waals surface area contributed by atoms with Crippen LogP contribution >= 0.6 is 0 Å². The largest absolute Gasteiger partial charge is 0.481 e. The zero-order valence-electron chi connectivity index (χ0n) is 15.4. The first-order valence-corrected chi connectivity index (χ1v) is 9.07. The molecular weight excluding hydrogens is 360 g/mol. The Kier molecular flexibility index (Phi) is 4.64. The summed E-state index contributed by atoms with van der Waals surface area (Å²) in [4.78, 5) is 34.0. The maximum absolute atomic E-state index is 12.3. The lowest BCUT2D eigenvalue weighted by Gasteiger charge is -2.33. The number of carbonyl (C=O) groups excluding carboxylic acids is 1. The number of amides is 1. The number of fused-ring (bicyclic) bond motifs is 1. The highest BCUT2D eigenvalue weighted by molar-refractivity contribution is 6.03. The molecule has 2 N–H and O–H groups in total. The molecule has 3 aromatic rings. The van der Waals surface area contributed by atoms with E-state index in [1.54, 1.807) is 22.8 Å². The number of aliphatic carboxylic acids is 1. The Morgan fingerprint density at radius 1 is 1.36 bits per heavy atom. The van der Waals surface area contributed by atoms with Crippen molar-refractivity contribution >= 4 is 29.2 Å². The molecule has 28 heavy (non-hydrogen) atoms. The summed E-state index contributed by atoms with van der Waals surface area (Å²) in [6.07, 6.45) is 6.43. The molecule has 1 atom stereocenters. The van der Waals surface area contributed by atoms with Crippen molar-refractivity contribution in [2.75, 3.05) is 23.3 Å². The van der Waals surface area contributed by atoms with Gasteiger partial charge < -0.3 is 10.0 Å². The lowest BCUT2D eigenvalue weighted by molar-refractivity contribution is -0.141. The summed E-state index contributed by atoms with van der Waals surface area (Å²) in [6.45, 7) is 3.23. The van der Waals surface area contributed by atoms with Gasteiger partial charge in [-0.2, -0.15) is 4.98 Å². The van der Waals surface area contributed by atoms with Gasteiger partial charge in [0.05, 0.1) is 23.4 Å². The van der Waals surface area contributed by atoms with Gasteiger partial charge in [-0.25, -0.2) is 4.52 Å². The molecule has 1 aliphatic rings. The zero-order chi connectivity index (χ0) is 19.7. The Labute approximate surface area is 161 Å². The van der Waals surface area contributed by atoms with E-state index in [1.165, 1.54) is 6.20 Å². The smallest absolute Gasteiger partial charge is 0.308 e. The minimum Gasteiger partial charge on any atom is -0.481 e. The first-order chi connectivity index (χ1) is 13.5. The first-order valence-electron chi connectivity index (χ1n) is 9.07. The van der Waals surface area contributed by atoms with Gasteiger partial charge in [-0.3, -0.25) is 19.9 Å². The van der Waals surface area contributed by atoms with Gasteiger partial charge in [0.2, 0.25) is 5.95 Å². The normalized spacial score (nSPS) is 16.9. The first kappa shape index (κ1) is 17.9. The summed E-state index contributed by atoms with van der Waals surface area (Å²) in [7, 11) is 0. The van der Waals surface area contributed by atoms with Gasteiger partial charge in [-0.05, 0) is 43.5 Å². The average molecular weight is 380 g/mol. The molecule has 1 aliphatic heterocycles. The molecule has 1 unspecified atom stereocenters. The Morgan fingerprint density at radius 3 is 2.96 bits per heavy atom. The number of carboxylic acids is 1. The standard InChI is InChI=1S/C19H20N6O3/c1-12-8-16-21-19(22-17(26)13-4-2-6-20-9-13)23-25(16)11-15(12)24-7-3-5-14(10-24)18(27)28/h2,4,6,8-9,11,14H,3,5,7,10H2,1H3,(H,27,28)(H,22,23,26). The summed E-state index contributed by atoms with van der Waals surface area (Å²) < 4.78 is 1.60. The van der Waals surface area contributed by atoms with Crippen LogP contribution in [0.1, 0.15) is 28.8 Å². The summed E-state index contributed by atoms with van der Waals surface area (Å²) in [5.41, 5.74) is 2.94. The molecule has 1 fully saturated rings. The second kappa shape index (κ2) is 7.26. The molecule has 0 radical (unpaired) electrons. The van der Waals surface area contributed by atoms with Gasteiger partial charge in [-0.15, -0.1) is 5.10 Å². The average Bonchev–Trinajstić information content (AvgIpc) is 3.09. The van der Waals surface area contributed by atoms with Gasteiger partial charge >= 0.3 is 5.97 Å². The molecule has 0 aromatic carbocycles. The fourth-order valence-corrected chi connectivity index (χ4v) is 3.47. The molecule has 0 saturated carbocycles. The van der Waals surface area contributed by atoms with Crippen LogP contribution in [0, 0.1) is 12.8 Å². The van der Waals surface area contributed by atoms with E-state index in [0.29, 0.717) is 24.2 Å². The van der Waals surface area contributed by atoms with Crippen LogP contribution in [0.4, 0.5) is 11.6 Å². The minimum absolute atomic E-state index is 0.201. The molecule has 0 aliphatic carbocycles. The summed E-state index contributed by atoms with van der Waals surface area (Å²) in [6, 6.07) is 5.23. The third-order valence-electron chi connectivity index (χ3n) is 4.91. The monoisotopic (exact) mass is 380 g/mol. The lowest BCUT2D eigenvalue weighted by atomic mass is 9.97. The Bertz CT molecular complexity index is 1030. The molecule has 0 bridgehead atoms. The third kappa shape index (κ3) is 3.51. The maximum atomic E-state index is 12.3. The highest BCUT2D eigenvalue weighted by atomic mass is 16.4. The minimum atomic E-state index is -0.760. The van der Waals surface area contributed by atoms with E-state index in [2.05, 4.69) is 25.3 Å². The SMILES string of the molecule is Cc1cc2nc(NC(=O)c3cccnc3)nn2cc1N1CCCC(C(=O)O)C1. The van der Waals surface area contributed by atoms with Crippen LogP contribution in [-0.2, 0) is 4.79 Å². The second-order valence-corrected chi connectivity index (χ2v) is 6.90. The number of anilines is 2. The Balaban J connectivity index is 1.59. The second-order valence-electron chi connectivity index (χ2n) is 6.90. The molecule has 1 saturated heterocycles. The molecular formula is C19H20N6O3.